The second-order valence-corrected chi connectivity index (χ2v) is 5.15. The smallest absolute Gasteiger partial charge is 0.101 e. The summed E-state index contributed by atoms with van der Waals surface area (Å²) >= 11 is 0. The minimum Gasteiger partial charge on any atom is -0.396 e. The topological polar surface area (TPSA) is 56.0 Å². The molecule has 0 radical (unpaired) electrons. The van der Waals surface area contributed by atoms with Crippen LogP contribution in [-0.2, 0) is 0 Å². The Morgan fingerprint density at radius 3 is 2.71 bits per heavy atom. The molecule has 0 amide bonds. The first-order chi connectivity index (χ1) is 7.98. The van der Waals surface area contributed by atoms with Crippen LogP contribution >= 0.6 is 0 Å². The Balaban J connectivity index is 2.73. The maximum absolute atomic E-state index is 9.05. The number of anilines is 1. The van der Waals surface area contributed by atoms with E-state index in [-0.39, 0.29) is 12.0 Å². The zero-order valence-electron chi connectivity index (χ0n) is 10.7. The fraction of sp³-hybridized carbons (Fsp3) is 0.500. The maximum Gasteiger partial charge on any atom is 0.101 e. The lowest BCUT2D eigenvalue weighted by Gasteiger charge is -2.24. The third kappa shape index (κ3) is 4.08. The molecule has 3 nitrogen and oxygen atoms in total. The largest absolute Gasteiger partial charge is 0.396 e. The van der Waals surface area contributed by atoms with Crippen molar-refractivity contribution in [3.8, 4) is 6.07 Å². The number of rotatable bonds is 5. The molecule has 0 aliphatic rings. The van der Waals surface area contributed by atoms with Gasteiger partial charge in [0.2, 0.25) is 0 Å². The van der Waals surface area contributed by atoms with Crippen molar-refractivity contribution in [3.05, 3.63) is 29.3 Å². The molecular formula is C14H20N2O. The van der Waals surface area contributed by atoms with Gasteiger partial charge >= 0.3 is 0 Å². The molecule has 1 aromatic carbocycles. The Morgan fingerprint density at radius 1 is 1.41 bits per heavy atom. The molecule has 17 heavy (non-hydrogen) atoms. The molecule has 0 fully saturated rings. The SMILES string of the molecule is Cc1ccc(NCC(C)(C)CCO)c(C#N)c1. The van der Waals surface area contributed by atoms with Gasteiger partial charge < -0.3 is 10.4 Å². The molecule has 1 rings (SSSR count). The molecule has 0 aliphatic heterocycles. The third-order valence-corrected chi connectivity index (χ3v) is 2.84. The molecule has 0 bridgehead atoms. The number of nitriles is 1. The summed E-state index contributed by atoms with van der Waals surface area (Å²) in [6, 6.07) is 7.99. The summed E-state index contributed by atoms with van der Waals surface area (Å²) in [5.74, 6) is 0. The number of aliphatic hydroxyl groups excluding tert-OH is 1. The quantitative estimate of drug-likeness (QED) is 0.820. The van der Waals surface area contributed by atoms with Crippen LogP contribution in [0, 0.1) is 23.7 Å². The summed E-state index contributed by atoms with van der Waals surface area (Å²) in [6.45, 7) is 7.09. The second-order valence-electron chi connectivity index (χ2n) is 5.15. The highest BCUT2D eigenvalue weighted by molar-refractivity contribution is 5.58. The van der Waals surface area contributed by atoms with Gasteiger partial charge in [-0.3, -0.25) is 0 Å². The van der Waals surface area contributed by atoms with Gasteiger partial charge in [0.25, 0.3) is 0 Å². The average Bonchev–Trinajstić information content (AvgIpc) is 2.27. The van der Waals surface area contributed by atoms with Crippen molar-refractivity contribution >= 4 is 5.69 Å². The van der Waals surface area contributed by atoms with E-state index in [9.17, 15) is 0 Å². The van der Waals surface area contributed by atoms with Crippen LogP contribution in [-0.4, -0.2) is 18.3 Å². The van der Waals surface area contributed by atoms with Crippen LogP contribution in [0.3, 0.4) is 0 Å². The Kier molecular flexibility index (Phi) is 4.53. The summed E-state index contributed by atoms with van der Waals surface area (Å²) in [5, 5.41) is 21.3. The maximum atomic E-state index is 9.05. The van der Waals surface area contributed by atoms with E-state index in [1.807, 2.05) is 25.1 Å². The highest BCUT2D eigenvalue weighted by Gasteiger charge is 2.17. The van der Waals surface area contributed by atoms with Crippen molar-refractivity contribution in [1.29, 1.82) is 5.26 Å². The molecule has 0 saturated heterocycles. The van der Waals surface area contributed by atoms with Gasteiger partial charge in [-0.25, -0.2) is 0 Å². The summed E-state index contributed by atoms with van der Waals surface area (Å²) in [4.78, 5) is 0. The van der Waals surface area contributed by atoms with Crippen LogP contribution in [0.1, 0.15) is 31.4 Å². The van der Waals surface area contributed by atoms with E-state index >= 15 is 0 Å². The fourth-order valence-corrected chi connectivity index (χ4v) is 1.63. The number of nitrogens with zero attached hydrogens (tertiary/aromatic N) is 1. The summed E-state index contributed by atoms with van der Waals surface area (Å²) in [5.41, 5.74) is 2.64. The highest BCUT2D eigenvalue weighted by Crippen LogP contribution is 2.22. The number of aryl methyl sites for hydroxylation is 1. The van der Waals surface area contributed by atoms with Crippen LogP contribution in [0.15, 0.2) is 18.2 Å². The van der Waals surface area contributed by atoms with Gasteiger partial charge in [0, 0.05) is 13.2 Å². The Bertz CT molecular complexity index is 419. The monoisotopic (exact) mass is 232 g/mol. The van der Waals surface area contributed by atoms with Gasteiger partial charge in [0.1, 0.15) is 6.07 Å². The number of hydrogen-bond acceptors (Lipinski definition) is 3. The summed E-state index contributed by atoms with van der Waals surface area (Å²) in [7, 11) is 0. The van der Waals surface area contributed by atoms with E-state index in [1.165, 1.54) is 0 Å². The predicted molar refractivity (Wildman–Crippen MR) is 69.9 cm³/mol. The molecule has 1 aromatic rings. The Hall–Kier alpha value is -1.53. The summed E-state index contributed by atoms with van der Waals surface area (Å²) in [6.07, 6.45) is 0.744. The van der Waals surface area contributed by atoms with E-state index in [0.717, 1.165) is 24.2 Å². The van der Waals surface area contributed by atoms with Gasteiger partial charge in [-0.05, 0) is 36.5 Å². The molecule has 92 valence electrons. The zero-order chi connectivity index (χ0) is 12.9. The molecule has 0 atom stereocenters. The standard InChI is InChI=1S/C14H20N2O/c1-11-4-5-13(12(8-11)9-15)16-10-14(2,3)6-7-17/h4-5,8,16-17H,6-7,10H2,1-3H3. The van der Waals surface area contributed by atoms with E-state index < -0.39 is 0 Å². The van der Waals surface area contributed by atoms with Crippen molar-refractivity contribution in [1.82, 2.24) is 0 Å². The molecule has 0 saturated carbocycles. The molecule has 2 N–H and O–H groups in total. The van der Waals surface area contributed by atoms with E-state index in [4.69, 9.17) is 10.4 Å². The van der Waals surface area contributed by atoms with Crippen molar-refractivity contribution in [2.45, 2.75) is 27.2 Å². The third-order valence-electron chi connectivity index (χ3n) is 2.84. The Morgan fingerprint density at radius 2 is 2.12 bits per heavy atom. The highest BCUT2D eigenvalue weighted by atomic mass is 16.3. The summed E-state index contributed by atoms with van der Waals surface area (Å²) < 4.78 is 0. The van der Waals surface area contributed by atoms with E-state index in [0.29, 0.717) is 5.56 Å². The zero-order valence-corrected chi connectivity index (χ0v) is 10.7. The first-order valence-electron chi connectivity index (χ1n) is 5.84. The lowest BCUT2D eigenvalue weighted by molar-refractivity contribution is 0.220. The molecule has 0 aromatic heterocycles. The van der Waals surface area contributed by atoms with E-state index in [2.05, 4.69) is 25.2 Å². The number of benzene rings is 1. The van der Waals surface area contributed by atoms with Crippen LogP contribution in [0.2, 0.25) is 0 Å². The number of hydrogen-bond donors (Lipinski definition) is 2. The molecule has 0 aliphatic carbocycles. The lowest BCUT2D eigenvalue weighted by Crippen LogP contribution is -2.24. The lowest BCUT2D eigenvalue weighted by atomic mass is 9.89. The first kappa shape index (κ1) is 13.5. The van der Waals surface area contributed by atoms with Crippen molar-refractivity contribution < 1.29 is 5.11 Å². The normalized spacial score (nSPS) is 11.0. The van der Waals surface area contributed by atoms with Crippen molar-refractivity contribution in [3.63, 3.8) is 0 Å². The van der Waals surface area contributed by atoms with Crippen molar-refractivity contribution in [2.75, 3.05) is 18.5 Å². The van der Waals surface area contributed by atoms with E-state index in [1.54, 1.807) is 0 Å². The minimum absolute atomic E-state index is 0.0202. The minimum atomic E-state index is 0.0202. The Labute approximate surface area is 103 Å². The number of nitrogens with one attached hydrogen (secondary N) is 1. The molecule has 0 heterocycles. The van der Waals surface area contributed by atoms with Crippen LogP contribution in [0.25, 0.3) is 0 Å². The average molecular weight is 232 g/mol. The number of aliphatic hydroxyl groups is 1. The molecule has 0 unspecified atom stereocenters. The fourth-order valence-electron chi connectivity index (χ4n) is 1.63. The van der Waals surface area contributed by atoms with Crippen LogP contribution in [0.4, 0.5) is 5.69 Å². The van der Waals surface area contributed by atoms with Gasteiger partial charge in [0.15, 0.2) is 0 Å². The predicted octanol–water partition coefficient (Wildman–Crippen LogP) is 2.69. The van der Waals surface area contributed by atoms with Gasteiger partial charge in [0.05, 0.1) is 11.3 Å². The first-order valence-corrected chi connectivity index (χ1v) is 5.84. The van der Waals surface area contributed by atoms with Crippen LogP contribution in [0.5, 0.6) is 0 Å². The molecule has 0 spiro atoms. The second kappa shape index (κ2) is 5.70. The van der Waals surface area contributed by atoms with Gasteiger partial charge in [-0.1, -0.05) is 19.9 Å². The molecule has 3 heteroatoms. The van der Waals surface area contributed by atoms with Crippen molar-refractivity contribution in [2.24, 2.45) is 5.41 Å². The van der Waals surface area contributed by atoms with Gasteiger partial charge in [-0.15, -0.1) is 0 Å². The van der Waals surface area contributed by atoms with Crippen LogP contribution < -0.4 is 5.32 Å². The molecular weight excluding hydrogens is 212 g/mol. The van der Waals surface area contributed by atoms with Gasteiger partial charge in [-0.2, -0.15) is 5.26 Å².